The van der Waals surface area contributed by atoms with E-state index in [1.54, 1.807) is 13.0 Å². The van der Waals surface area contributed by atoms with Crippen LogP contribution < -0.4 is 5.56 Å². The first-order valence-corrected chi connectivity index (χ1v) is 9.27. The summed E-state index contributed by atoms with van der Waals surface area (Å²) in [5.41, 5.74) is 1.54. The van der Waals surface area contributed by atoms with Crippen LogP contribution in [0.15, 0.2) is 51.2 Å². The highest BCUT2D eigenvalue weighted by Crippen LogP contribution is 2.34. The van der Waals surface area contributed by atoms with Gasteiger partial charge in [-0.15, -0.1) is 11.3 Å². The molecule has 0 aliphatic rings. The molecular weight excluding hydrogens is 388 g/mol. The van der Waals surface area contributed by atoms with Gasteiger partial charge in [0.05, 0.1) is 11.6 Å². The summed E-state index contributed by atoms with van der Waals surface area (Å²) in [6, 6.07) is 8.85. The Morgan fingerprint density at radius 3 is 2.85 bits per heavy atom. The summed E-state index contributed by atoms with van der Waals surface area (Å²) < 4.78 is 10.3. The lowest BCUT2D eigenvalue weighted by Crippen LogP contribution is -2.14. The third-order valence-electron chi connectivity index (χ3n) is 4.08. The van der Waals surface area contributed by atoms with Gasteiger partial charge in [0.25, 0.3) is 5.56 Å². The first-order chi connectivity index (χ1) is 13.0. The summed E-state index contributed by atoms with van der Waals surface area (Å²) in [5.74, 6) is 0.209. The zero-order chi connectivity index (χ0) is 19.0. The fourth-order valence-electron chi connectivity index (χ4n) is 2.75. The number of fused-ring (bicyclic) bond motifs is 1. The molecule has 0 saturated carbocycles. The highest BCUT2D eigenvalue weighted by Gasteiger charge is 2.17. The van der Waals surface area contributed by atoms with Crippen LogP contribution in [0.5, 0.6) is 0 Å². The number of ether oxygens (including phenoxy) is 1. The molecule has 0 aliphatic heterocycles. The van der Waals surface area contributed by atoms with E-state index in [0.717, 1.165) is 11.1 Å². The molecule has 0 unspecified atom stereocenters. The van der Waals surface area contributed by atoms with Crippen molar-refractivity contribution in [2.75, 3.05) is 0 Å². The third kappa shape index (κ3) is 3.27. The van der Waals surface area contributed by atoms with Gasteiger partial charge < -0.3 is 14.1 Å². The summed E-state index contributed by atoms with van der Waals surface area (Å²) in [7, 11) is 0. The maximum atomic E-state index is 12.6. The number of H-pyrrole nitrogens is 1. The number of thiophene rings is 1. The summed E-state index contributed by atoms with van der Waals surface area (Å²) in [6.45, 7) is 1.53. The van der Waals surface area contributed by atoms with Gasteiger partial charge in [0.1, 0.15) is 28.6 Å². The summed E-state index contributed by atoms with van der Waals surface area (Å²) in [5, 5.41) is 2.87. The molecule has 1 aromatic carbocycles. The molecule has 0 bridgehead atoms. The summed E-state index contributed by atoms with van der Waals surface area (Å²) in [6.07, 6.45) is 1.42. The van der Waals surface area contributed by atoms with Gasteiger partial charge in [-0.05, 0) is 19.1 Å². The smallest absolute Gasteiger partial charge is 0.342 e. The molecule has 3 aromatic heterocycles. The minimum atomic E-state index is -0.535. The summed E-state index contributed by atoms with van der Waals surface area (Å²) >= 11 is 7.59. The van der Waals surface area contributed by atoms with Gasteiger partial charge in [-0.25, -0.2) is 9.78 Å². The number of carbonyl (C=O) groups is 1. The Morgan fingerprint density at radius 1 is 1.30 bits per heavy atom. The van der Waals surface area contributed by atoms with Crippen molar-refractivity contribution in [1.29, 1.82) is 0 Å². The van der Waals surface area contributed by atoms with Gasteiger partial charge in [0.2, 0.25) is 0 Å². The van der Waals surface area contributed by atoms with Crippen LogP contribution in [-0.2, 0) is 11.3 Å². The monoisotopic (exact) mass is 400 g/mol. The number of aryl methyl sites for hydroxylation is 1. The average Bonchev–Trinajstić information content (AvgIpc) is 3.26. The van der Waals surface area contributed by atoms with Crippen molar-refractivity contribution in [3.8, 4) is 11.1 Å². The SMILES string of the molecule is Cc1occc1C(=O)OCc1nc2scc(-c3ccccc3Cl)c2c(=O)[nH]1. The number of rotatable bonds is 4. The number of nitrogens with one attached hydrogen (secondary N) is 1. The number of halogens is 1. The molecule has 1 N–H and O–H groups in total. The Labute approximate surface area is 162 Å². The lowest BCUT2D eigenvalue weighted by Gasteiger charge is -2.05. The average molecular weight is 401 g/mol. The standard InChI is InChI=1S/C19H13ClN2O4S/c1-10-11(6-7-25-10)19(24)26-8-15-21-17(23)16-13(9-27-18(16)22-15)12-4-2-3-5-14(12)20/h2-7,9H,8H2,1H3,(H,21,22,23). The van der Waals surface area contributed by atoms with Crippen molar-refractivity contribution in [3.05, 3.63) is 74.5 Å². The molecule has 0 amide bonds. The van der Waals surface area contributed by atoms with Gasteiger partial charge in [-0.2, -0.15) is 0 Å². The van der Waals surface area contributed by atoms with Crippen LogP contribution in [0.3, 0.4) is 0 Å². The Morgan fingerprint density at radius 2 is 2.11 bits per heavy atom. The van der Waals surface area contributed by atoms with Gasteiger partial charge >= 0.3 is 5.97 Å². The molecule has 6 nitrogen and oxygen atoms in total. The number of aromatic nitrogens is 2. The zero-order valence-electron chi connectivity index (χ0n) is 14.1. The minimum absolute atomic E-state index is 0.145. The van der Waals surface area contributed by atoms with Crippen molar-refractivity contribution in [1.82, 2.24) is 9.97 Å². The van der Waals surface area contributed by atoms with E-state index >= 15 is 0 Å². The third-order valence-corrected chi connectivity index (χ3v) is 5.28. The number of aromatic amines is 1. The van der Waals surface area contributed by atoms with Crippen LogP contribution in [0.4, 0.5) is 0 Å². The van der Waals surface area contributed by atoms with E-state index < -0.39 is 5.97 Å². The first-order valence-electron chi connectivity index (χ1n) is 8.01. The number of benzene rings is 1. The second-order valence-corrected chi connectivity index (χ2v) is 7.05. The van der Waals surface area contributed by atoms with Crippen LogP contribution in [0, 0.1) is 6.92 Å². The Bertz CT molecular complexity index is 1210. The molecule has 3 heterocycles. The van der Waals surface area contributed by atoms with Gasteiger partial charge in [-0.3, -0.25) is 4.79 Å². The maximum absolute atomic E-state index is 12.6. The van der Waals surface area contributed by atoms with E-state index in [2.05, 4.69) is 9.97 Å². The van der Waals surface area contributed by atoms with Gasteiger partial charge in [-0.1, -0.05) is 29.8 Å². The van der Waals surface area contributed by atoms with E-state index in [1.807, 2.05) is 23.6 Å². The number of furan rings is 1. The summed E-state index contributed by atoms with van der Waals surface area (Å²) in [4.78, 5) is 32.3. The molecule has 0 radical (unpaired) electrons. The molecule has 136 valence electrons. The van der Waals surface area contributed by atoms with Crippen LogP contribution in [0.1, 0.15) is 21.9 Å². The minimum Gasteiger partial charge on any atom is -0.469 e. The van der Waals surface area contributed by atoms with E-state index in [4.69, 9.17) is 20.8 Å². The quantitative estimate of drug-likeness (QED) is 0.507. The normalized spacial score (nSPS) is 11.0. The zero-order valence-corrected chi connectivity index (χ0v) is 15.7. The van der Waals surface area contributed by atoms with Crippen LogP contribution in [0.2, 0.25) is 5.02 Å². The van der Waals surface area contributed by atoms with E-state index in [0.29, 0.717) is 26.6 Å². The molecule has 0 aliphatic carbocycles. The van der Waals surface area contributed by atoms with Crippen LogP contribution >= 0.6 is 22.9 Å². The fraction of sp³-hybridized carbons (Fsp3) is 0.105. The fourth-order valence-corrected chi connectivity index (χ4v) is 3.94. The van der Waals surface area contributed by atoms with E-state index in [9.17, 15) is 9.59 Å². The van der Waals surface area contributed by atoms with Crippen molar-refractivity contribution in [3.63, 3.8) is 0 Å². The Kier molecular flexibility index (Phi) is 4.55. The molecule has 27 heavy (non-hydrogen) atoms. The first kappa shape index (κ1) is 17.5. The van der Waals surface area contributed by atoms with Crippen molar-refractivity contribution < 1.29 is 13.9 Å². The molecule has 0 fully saturated rings. The van der Waals surface area contributed by atoms with Gasteiger partial charge in [0, 0.05) is 21.5 Å². The lowest BCUT2D eigenvalue weighted by atomic mass is 10.1. The second-order valence-electron chi connectivity index (χ2n) is 5.79. The maximum Gasteiger partial charge on any atom is 0.342 e. The predicted octanol–water partition coefficient (Wildman–Crippen LogP) is 4.56. The van der Waals surface area contributed by atoms with Crippen molar-refractivity contribution in [2.45, 2.75) is 13.5 Å². The topological polar surface area (TPSA) is 85.2 Å². The molecule has 4 aromatic rings. The highest BCUT2D eigenvalue weighted by molar-refractivity contribution is 7.17. The highest BCUT2D eigenvalue weighted by atomic mass is 35.5. The Hall–Kier alpha value is -2.90. The second kappa shape index (κ2) is 7.02. The molecule has 4 rings (SSSR count). The molecule has 0 spiro atoms. The number of hydrogen-bond acceptors (Lipinski definition) is 6. The Balaban J connectivity index is 1.64. The number of hydrogen-bond donors (Lipinski definition) is 1. The largest absolute Gasteiger partial charge is 0.469 e. The van der Waals surface area contributed by atoms with E-state index in [-0.39, 0.29) is 18.0 Å². The molecule has 0 saturated heterocycles. The molecular formula is C19H13ClN2O4S. The number of esters is 1. The van der Waals surface area contributed by atoms with Gasteiger partial charge in [0.15, 0.2) is 0 Å². The molecule has 0 atom stereocenters. The van der Waals surface area contributed by atoms with Crippen molar-refractivity contribution in [2.24, 2.45) is 0 Å². The number of nitrogens with zero attached hydrogens (tertiary/aromatic N) is 1. The number of carbonyl (C=O) groups excluding carboxylic acids is 1. The van der Waals surface area contributed by atoms with Crippen LogP contribution in [0.25, 0.3) is 21.3 Å². The van der Waals surface area contributed by atoms with Crippen molar-refractivity contribution >= 4 is 39.1 Å². The van der Waals surface area contributed by atoms with E-state index in [1.165, 1.54) is 23.7 Å². The lowest BCUT2D eigenvalue weighted by molar-refractivity contribution is 0.0460. The predicted molar refractivity (Wildman–Crippen MR) is 103 cm³/mol. The van der Waals surface area contributed by atoms with Crippen LogP contribution in [-0.4, -0.2) is 15.9 Å². The molecule has 8 heteroatoms.